The third-order valence-corrected chi connectivity index (χ3v) is 13.7. The first-order valence-electron chi connectivity index (χ1n) is 22.6. The van der Waals surface area contributed by atoms with Gasteiger partial charge in [-0.2, -0.15) is 0 Å². The molecule has 65 heavy (non-hydrogen) atoms. The van der Waals surface area contributed by atoms with Gasteiger partial charge in [-0.05, 0) is 62.5 Å². The summed E-state index contributed by atoms with van der Waals surface area (Å²) in [5, 5.41) is 9.17. The highest BCUT2D eigenvalue weighted by Gasteiger charge is 2.32. The number of aromatic nitrogens is 8. The van der Waals surface area contributed by atoms with Crippen LogP contribution in [0.2, 0.25) is 10.0 Å². The van der Waals surface area contributed by atoms with Crippen molar-refractivity contribution >= 4 is 68.5 Å². The van der Waals surface area contributed by atoms with Gasteiger partial charge < -0.3 is 20.6 Å². The molecule has 12 nitrogen and oxygen atoms in total. The molecule has 0 bridgehead atoms. The second kappa shape index (κ2) is 20.1. The van der Waals surface area contributed by atoms with Crippen LogP contribution in [0.25, 0.3) is 44.8 Å². The molecular formula is C49H50Cl2F2N10O2. The molecule has 7 aromatic rings. The molecule has 4 atom stereocenters. The van der Waals surface area contributed by atoms with Crippen molar-refractivity contribution in [1.82, 2.24) is 39.9 Å². The van der Waals surface area contributed by atoms with E-state index in [9.17, 15) is 18.4 Å². The number of Topliss-reactive ketones (excluding diaryl/α,β-unsaturated/α-hetero) is 2. The highest BCUT2D eigenvalue weighted by molar-refractivity contribution is 6.31. The third-order valence-electron chi connectivity index (χ3n) is 13.2. The van der Waals surface area contributed by atoms with Crippen LogP contribution in [-0.4, -0.2) is 63.5 Å². The van der Waals surface area contributed by atoms with E-state index in [2.05, 4.69) is 50.5 Å². The van der Waals surface area contributed by atoms with Gasteiger partial charge in [-0.25, -0.2) is 38.7 Å². The topological polar surface area (TPSA) is 167 Å². The van der Waals surface area contributed by atoms with E-state index in [4.69, 9.17) is 23.2 Å². The summed E-state index contributed by atoms with van der Waals surface area (Å²) in [5.41, 5.74) is 3.45. The Balaban J connectivity index is 0.000000164. The van der Waals surface area contributed by atoms with Gasteiger partial charge in [0.1, 0.15) is 17.1 Å². The molecule has 10 rings (SSSR count). The predicted octanol–water partition coefficient (Wildman–Crippen LogP) is 12.0. The van der Waals surface area contributed by atoms with E-state index in [1.54, 1.807) is 36.9 Å². The van der Waals surface area contributed by atoms with E-state index in [1.807, 2.05) is 30.3 Å². The predicted molar refractivity (Wildman–Crippen MR) is 250 cm³/mol. The fourth-order valence-electron chi connectivity index (χ4n) is 9.81. The van der Waals surface area contributed by atoms with Crippen molar-refractivity contribution in [3.8, 4) is 22.8 Å². The zero-order valence-corrected chi connectivity index (χ0v) is 37.3. The number of nitrogens with zero attached hydrogens (tertiary/aromatic N) is 6. The van der Waals surface area contributed by atoms with E-state index in [0.717, 1.165) is 93.4 Å². The maximum Gasteiger partial charge on any atom is 0.183 e. The van der Waals surface area contributed by atoms with Gasteiger partial charge in [-0.1, -0.05) is 92.1 Å². The molecule has 0 spiro atoms. The smallest absolute Gasteiger partial charge is 0.183 e. The van der Waals surface area contributed by atoms with Gasteiger partial charge in [0.05, 0.1) is 22.4 Å². The number of hydrogen-bond acceptors (Lipinski definition) is 10. The number of benzene rings is 1. The Morgan fingerprint density at radius 3 is 1.62 bits per heavy atom. The van der Waals surface area contributed by atoms with Gasteiger partial charge in [0, 0.05) is 83.1 Å². The lowest BCUT2D eigenvalue weighted by atomic mass is 9.79. The largest absolute Gasteiger partial charge is 0.364 e. The molecule has 0 saturated heterocycles. The molecule has 1 aromatic carbocycles. The Morgan fingerprint density at radius 2 is 1.09 bits per heavy atom. The summed E-state index contributed by atoms with van der Waals surface area (Å²) < 4.78 is 29.4. The van der Waals surface area contributed by atoms with Crippen LogP contribution in [-0.2, 0) is 4.79 Å². The molecule has 4 N–H and O–H groups in total. The van der Waals surface area contributed by atoms with Gasteiger partial charge in [0.2, 0.25) is 0 Å². The lowest BCUT2D eigenvalue weighted by Gasteiger charge is -2.33. The molecule has 0 amide bonds. The first-order valence-corrected chi connectivity index (χ1v) is 23.4. The number of nitrogens with one attached hydrogen (secondary N) is 4. The van der Waals surface area contributed by atoms with E-state index in [0.29, 0.717) is 62.7 Å². The SMILES string of the molecule is O=C(CC1CCCCC1Nc1nc(-c2c[nH]c3ncc(Cl)cc23)ncc1F)C1CCCC1.O=C(CC1CCCCC1Nc1nc(-c2c[nH]c3ncc(Cl)cc23)ncc1F)c1ccccc1. The van der Waals surface area contributed by atoms with E-state index >= 15 is 0 Å². The number of carbonyl (C=O) groups is 2. The van der Waals surface area contributed by atoms with E-state index in [1.165, 1.54) is 12.4 Å². The number of fused-ring (bicyclic) bond motifs is 2. The number of pyridine rings is 2. The van der Waals surface area contributed by atoms with Crippen molar-refractivity contribution in [1.29, 1.82) is 0 Å². The third kappa shape index (κ3) is 10.3. The molecule has 0 aliphatic heterocycles. The van der Waals surface area contributed by atoms with Crippen LogP contribution < -0.4 is 10.6 Å². The summed E-state index contributed by atoms with van der Waals surface area (Å²) in [6.07, 6.45) is 22.3. The van der Waals surface area contributed by atoms with Crippen molar-refractivity contribution in [2.75, 3.05) is 10.6 Å². The molecule has 3 saturated carbocycles. The number of carbonyl (C=O) groups excluding carboxylic acids is 2. The summed E-state index contributed by atoms with van der Waals surface area (Å²) in [5.74, 6) is 1.14. The fourth-order valence-corrected chi connectivity index (χ4v) is 10.1. The van der Waals surface area contributed by atoms with Crippen molar-refractivity contribution in [3.63, 3.8) is 0 Å². The van der Waals surface area contributed by atoms with Gasteiger partial charge >= 0.3 is 0 Å². The van der Waals surface area contributed by atoms with Crippen LogP contribution in [0.3, 0.4) is 0 Å². The number of ketones is 2. The number of H-pyrrole nitrogens is 2. The van der Waals surface area contributed by atoms with E-state index in [-0.39, 0.29) is 47.3 Å². The molecule has 6 aromatic heterocycles. The Hall–Kier alpha value is -5.86. The molecule has 336 valence electrons. The van der Waals surface area contributed by atoms with Crippen molar-refractivity contribution in [3.05, 3.63) is 107 Å². The lowest BCUT2D eigenvalue weighted by Crippen LogP contribution is -2.35. The number of anilines is 2. The quantitative estimate of drug-likeness (QED) is 0.0866. The lowest BCUT2D eigenvalue weighted by molar-refractivity contribution is -0.123. The summed E-state index contributed by atoms with van der Waals surface area (Å²) in [7, 11) is 0. The summed E-state index contributed by atoms with van der Waals surface area (Å²) in [6, 6.07) is 12.9. The Morgan fingerprint density at radius 1 is 0.615 bits per heavy atom. The zero-order chi connectivity index (χ0) is 44.9. The highest BCUT2D eigenvalue weighted by atomic mass is 35.5. The van der Waals surface area contributed by atoms with Gasteiger partial charge in [-0.15, -0.1) is 0 Å². The fraction of sp³-hybridized carbons (Fsp3) is 0.388. The molecule has 3 aliphatic rings. The number of aromatic amines is 2. The van der Waals surface area contributed by atoms with E-state index < -0.39 is 11.6 Å². The van der Waals surface area contributed by atoms with Crippen molar-refractivity contribution < 1.29 is 18.4 Å². The molecule has 6 heterocycles. The van der Waals surface area contributed by atoms with Crippen LogP contribution in [0.1, 0.15) is 100 Å². The normalized spacial score (nSPS) is 20.1. The number of rotatable bonds is 12. The highest BCUT2D eigenvalue weighted by Crippen LogP contribution is 2.36. The average Bonchev–Trinajstić information content (AvgIpc) is 4.11. The first kappa shape index (κ1) is 44.3. The van der Waals surface area contributed by atoms with Crippen molar-refractivity contribution in [2.24, 2.45) is 17.8 Å². The van der Waals surface area contributed by atoms with Crippen LogP contribution >= 0.6 is 23.2 Å². The minimum absolute atomic E-state index is 0.0328. The van der Waals surface area contributed by atoms with Crippen LogP contribution in [0.15, 0.2) is 79.6 Å². The number of halogens is 4. The molecule has 0 radical (unpaired) electrons. The van der Waals surface area contributed by atoms with Crippen LogP contribution in [0.4, 0.5) is 20.4 Å². The van der Waals surface area contributed by atoms with Crippen molar-refractivity contribution in [2.45, 2.75) is 102 Å². The molecule has 4 unspecified atom stereocenters. The summed E-state index contributed by atoms with van der Waals surface area (Å²) in [4.78, 5) is 57.7. The second-order valence-electron chi connectivity index (χ2n) is 17.5. The van der Waals surface area contributed by atoms with Gasteiger partial charge in [-0.3, -0.25) is 9.59 Å². The maximum atomic E-state index is 14.7. The summed E-state index contributed by atoms with van der Waals surface area (Å²) >= 11 is 12.2. The second-order valence-corrected chi connectivity index (χ2v) is 18.4. The minimum atomic E-state index is -0.520. The Bertz CT molecular complexity index is 2800. The standard InChI is InChI=1S/C25H23ClFN5O.C24H27ClFN5O/c26-17-11-18-19(13-29-23(18)28-12-17)24-30-14-20(27)25(32-24)31-21-9-5-4-8-16(21)10-22(33)15-6-2-1-3-7-15;25-16-10-17-18(12-28-22(17)27-11-16)23-29-13-19(26)24(31-23)30-20-8-4-3-7-15(20)9-21(32)14-5-1-2-6-14/h1-3,6-7,11-14,16,21H,4-5,8-10H2,(H,28,29)(H,30,31,32);10-15,20H,1-9H2,(H,27,28)(H,29,30,31). The monoisotopic (exact) mass is 918 g/mol. The van der Waals surface area contributed by atoms with Crippen LogP contribution in [0, 0.1) is 29.4 Å². The van der Waals surface area contributed by atoms with Crippen LogP contribution in [0.5, 0.6) is 0 Å². The van der Waals surface area contributed by atoms with Gasteiger partial charge in [0.25, 0.3) is 0 Å². The molecule has 3 aliphatic carbocycles. The first-order chi connectivity index (χ1) is 31.7. The molecule has 3 fully saturated rings. The zero-order valence-electron chi connectivity index (χ0n) is 35.8. The molecule has 16 heteroatoms. The maximum absolute atomic E-state index is 14.7. The Kier molecular flexibility index (Phi) is 13.7. The molecular weight excluding hydrogens is 870 g/mol. The van der Waals surface area contributed by atoms with Gasteiger partial charge in [0.15, 0.2) is 40.7 Å². The minimum Gasteiger partial charge on any atom is -0.364 e. The average molecular weight is 920 g/mol. The Labute approximate surface area is 385 Å². The number of hydrogen-bond donors (Lipinski definition) is 4. The summed E-state index contributed by atoms with van der Waals surface area (Å²) in [6.45, 7) is 0.